The van der Waals surface area contributed by atoms with E-state index in [4.69, 9.17) is 0 Å². The van der Waals surface area contributed by atoms with E-state index in [-0.39, 0.29) is 23.6 Å². The maximum absolute atomic E-state index is 12.3. The number of aromatic nitrogens is 1. The first-order chi connectivity index (χ1) is 11.6. The number of pyridine rings is 1. The van der Waals surface area contributed by atoms with Crippen LogP contribution in [0.25, 0.3) is 6.08 Å². The lowest BCUT2D eigenvalue weighted by atomic mass is 9.78. The van der Waals surface area contributed by atoms with Crippen LogP contribution in [0, 0.1) is 5.92 Å². The summed E-state index contributed by atoms with van der Waals surface area (Å²) in [6, 6.07) is 4.69. The van der Waals surface area contributed by atoms with Gasteiger partial charge in [0.15, 0.2) is 0 Å². The summed E-state index contributed by atoms with van der Waals surface area (Å²) in [5, 5.41) is 9.58. The fourth-order valence-corrected chi connectivity index (χ4v) is 3.94. The minimum Gasteiger partial charge on any atom is -0.477 e. The van der Waals surface area contributed by atoms with Gasteiger partial charge in [-0.25, -0.2) is 4.79 Å². The van der Waals surface area contributed by atoms with Crippen LogP contribution in [0.3, 0.4) is 0 Å². The SMILES string of the molecule is O=CN1CCC2C(/C=C/c3ccccn3)=C(C(=O)O)N3C(=O)[C@@H]1[C@@H]23. The van der Waals surface area contributed by atoms with Gasteiger partial charge in [0.05, 0.1) is 11.7 Å². The smallest absolute Gasteiger partial charge is 0.352 e. The molecule has 122 valence electrons. The highest BCUT2D eigenvalue weighted by Crippen LogP contribution is 2.48. The van der Waals surface area contributed by atoms with Crippen LogP contribution in [0.2, 0.25) is 0 Å². The van der Waals surface area contributed by atoms with Crippen molar-refractivity contribution in [2.75, 3.05) is 6.54 Å². The summed E-state index contributed by atoms with van der Waals surface area (Å²) < 4.78 is 0. The number of amides is 2. The Morgan fingerprint density at radius 1 is 1.33 bits per heavy atom. The van der Waals surface area contributed by atoms with E-state index < -0.39 is 12.0 Å². The molecule has 7 nitrogen and oxygen atoms in total. The molecule has 3 aliphatic heterocycles. The molecule has 2 saturated heterocycles. The summed E-state index contributed by atoms with van der Waals surface area (Å²) in [6.45, 7) is 0.461. The van der Waals surface area contributed by atoms with Gasteiger partial charge in [0.25, 0.3) is 5.91 Å². The van der Waals surface area contributed by atoms with Crippen molar-refractivity contribution >= 4 is 24.4 Å². The van der Waals surface area contributed by atoms with Gasteiger partial charge >= 0.3 is 5.97 Å². The van der Waals surface area contributed by atoms with E-state index in [0.717, 1.165) is 5.69 Å². The number of carboxylic acid groups (broad SMARTS) is 1. The molecule has 2 fully saturated rings. The summed E-state index contributed by atoms with van der Waals surface area (Å²) in [6.07, 6.45) is 6.49. The molecule has 0 saturated carbocycles. The number of piperidine rings is 1. The molecule has 4 rings (SSSR count). The molecule has 0 spiro atoms. The highest BCUT2D eigenvalue weighted by atomic mass is 16.4. The molecular formula is C17H15N3O4. The second kappa shape index (κ2) is 5.30. The summed E-state index contributed by atoms with van der Waals surface area (Å²) in [5.74, 6) is -1.49. The third-order valence-electron chi connectivity index (χ3n) is 4.95. The molecule has 4 heterocycles. The molecule has 24 heavy (non-hydrogen) atoms. The number of allylic oxidation sites excluding steroid dienone is 1. The number of carbonyl (C=O) groups is 3. The number of carbonyl (C=O) groups excluding carboxylic acids is 2. The molecule has 0 aromatic carbocycles. The van der Waals surface area contributed by atoms with Crippen LogP contribution in [0.1, 0.15) is 12.1 Å². The molecule has 1 N–H and O–H groups in total. The lowest BCUT2D eigenvalue weighted by Crippen LogP contribution is -2.72. The van der Waals surface area contributed by atoms with E-state index in [0.29, 0.717) is 24.9 Å². The maximum Gasteiger partial charge on any atom is 0.352 e. The highest BCUT2D eigenvalue weighted by molar-refractivity contribution is 6.02. The van der Waals surface area contributed by atoms with Gasteiger partial charge in [-0.1, -0.05) is 12.1 Å². The topological polar surface area (TPSA) is 90.8 Å². The van der Waals surface area contributed by atoms with Gasteiger partial charge in [0.1, 0.15) is 11.7 Å². The lowest BCUT2D eigenvalue weighted by molar-refractivity contribution is -0.165. The number of hydrogen-bond acceptors (Lipinski definition) is 4. The predicted octanol–water partition coefficient (Wildman–Crippen LogP) is 0.505. The van der Waals surface area contributed by atoms with Crippen molar-refractivity contribution in [3.05, 3.63) is 47.4 Å². The summed E-state index contributed by atoms with van der Waals surface area (Å²) in [5.41, 5.74) is 1.39. The molecule has 1 aromatic rings. The Morgan fingerprint density at radius 3 is 2.83 bits per heavy atom. The van der Waals surface area contributed by atoms with Crippen LogP contribution in [0.4, 0.5) is 0 Å². The number of β-lactam (4-membered cyclic amide) rings is 1. The molecule has 1 aromatic heterocycles. The largest absolute Gasteiger partial charge is 0.477 e. The van der Waals surface area contributed by atoms with Gasteiger partial charge < -0.3 is 10.0 Å². The van der Waals surface area contributed by atoms with Crippen LogP contribution in [-0.4, -0.2) is 56.8 Å². The van der Waals surface area contributed by atoms with Gasteiger partial charge in [0.2, 0.25) is 6.41 Å². The van der Waals surface area contributed by atoms with Gasteiger partial charge in [-0.2, -0.15) is 0 Å². The van der Waals surface area contributed by atoms with E-state index in [1.165, 1.54) is 9.80 Å². The Kier molecular flexibility index (Phi) is 3.23. The Hall–Kier alpha value is -2.96. The molecular weight excluding hydrogens is 310 g/mol. The van der Waals surface area contributed by atoms with Crippen molar-refractivity contribution in [2.24, 2.45) is 5.92 Å². The van der Waals surface area contributed by atoms with Gasteiger partial charge in [-0.05, 0) is 30.2 Å². The van der Waals surface area contributed by atoms with Crippen LogP contribution in [-0.2, 0) is 14.4 Å². The first kappa shape index (κ1) is 14.6. The molecule has 3 aliphatic rings. The zero-order chi connectivity index (χ0) is 16.8. The normalized spacial score (nSPS) is 28.2. The summed E-state index contributed by atoms with van der Waals surface area (Å²) >= 11 is 0. The predicted molar refractivity (Wildman–Crippen MR) is 83.2 cm³/mol. The zero-order valence-electron chi connectivity index (χ0n) is 12.7. The Morgan fingerprint density at radius 2 is 2.17 bits per heavy atom. The van der Waals surface area contributed by atoms with E-state index in [1.807, 2.05) is 12.1 Å². The van der Waals surface area contributed by atoms with Crippen LogP contribution in [0.15, 0.2) is 41.7 Å². The lowest BCUT2D eigenvalue weighted by Gasteiger charge is -2.52. The zero-order valence-corrected chi connectivity index (χ0v) is 12.7. The average molecular weight is 325 g/mol. The van der Waals surface area contributed by atoms with E-state index >= 15 is 0 Å². The first-order valence-electron chi connectivity index (χ1n) is 7.74. The molecule has 7 heteroatoms. The maximum atomic E-state index is 12.3. The highest BCUT2D eigenvalue weighted by Gasteiger charge is 2.62. The third-order valence-corrected chi connectivity index (χ3v) is 4.95. The van der Waals surface area contributed by atoms with Crippen molar-refractivity contribution in [3.8, 4) is 0 Å². The quantitative estimate of drug-likeness (QED) is 0.643. The first-order valence-corrected chi connectivity index (χ1v) is 7.74. The van der Waals surface area contributed by atoms with Crippen molar-refractivity contribution < 1.29 is 19.5 Å². The molecule has 0 aliphatic carbocycles. The molecule has 1 unspecified atom stereocenters. The second-order valence-corrected chi connectivity index (χ2v) is 6.08. The summed E-state index contributed by atoms with van der Waals surface area (Å²) in [4.78, 5) is 42.2. The number of nitrogens with zero attached hydrogens (tertiary/aromatic N) is 3. The number of rotatable bonds is 4. The monoisotopic (exact) mass is 325 g/mol. The standard InChI is InChI=1S/C17H15N3O4/c21-9-19-8-6-12-11(5-4-10-3-1-2-7-18-10)14(17(23)24)20-13(12)15(19)16(20)22/h1-5,7,9,12-13,15H,6,8H2,(H,23,24)/b5-4+/t12?,13-,15+/m1/s1. The summed E-state index contributed by atoms with van der Waals surface area (Å²) in [7, 11) is 0. The van der Waals surface area contributed by atoms with Gasteiger partial charge in [-0.15, -0.1) is 0 Å². The number of carboxylic acids is 1. The second-order valence-electron chi connectivity index (χ2n) is 6.08. The number of hydrogen-bond donors (Lipinski definition) is 1. The van der Waals surface area contributed by atoms with Crippen molar-refractivity contribution in [3.63, 3.8) is 0 Å². The molecule has 0 bridgehead atoms. The van der Waals surface area contributed by atoms with Gasteiger partial charge in [0, 0.05) is 18.7 Å². The Bertz CT molecular complexity index is 786. The van der Waals surface area contributed by atoms with Crippen LogP contribution < -0.4 is 0 Å². The molecule has 0 radical (unpaired) electrons. The van der Waals surface area contributed by atoms with Crippen molar-refractivity contribution in [1.82, 2.24) is 14.8 Å². The van der Waals surface area contributed by atoms with E-state index in [9.17, 15) is 19.5 Å². The Balaban J connectivity index is 1.73. The molecule has 2 amide bonds. The average Bonchev–Trinajstić information content (AvgIpc) is 2.92. The van der Waals surface area contributed by atoms with E-state index in [2.05, 4.69) is 4.98 Å². The van der Waals surface area contributed by atoms with Crippen LogP contribution >= 0.6 is 0 Å². The Labute approximate surface area is 137 Å². The van der Waals surface area contributed by atoms with Crippen LogP contribution in [0.5, 0.6) is 0 Å². The fraction of sp³-hybridized carbons (Fsp3) is 0.294. The minimum atomic E-state index is -1.12. The van der Waals surface area contributed by atoms with Crippen molar-refractivity contribution in [1.29, 1.82) is 0 Å². The van der Waals surface area contributed by atoms with Crippen molar-refractivity contribution in [2.45, 2.75) is 18.5 Å². The molecule has 3 atom stereocenters. The number of likely N-dealkylation sites (tertiary alicyclic amines) is 1. The third kappa shape index (κ3) is 1.90. The fourth-order valence-electron chi connectivity index (χ4n) is 3.94. The number of aliphatic carboxylic acids is 1. The van der Waals surface area contributed by atoms with E-state index in [1.54, 1.807) is 24.4 Å². The minimum absolute atomic E-state index is 0.0335. The van der Waals surface area contributed by atoms with Gasteiger partial charge in [-0.3, -0.25) is 19.5 Å².